The summed E-state index contributed by atoms with van der Waals surface area (Å²) in [6, 6.07) is 7.90. The highest BCUT2D eigenvalue weighted by atomic mass is 16.3. The molecule has 5 heteroatoms. The van der Waals surface area contributed by atoms with Crippen molar-refractivity contribution in [3.05, 3.63) is 30.6 Å². The Morgan fingerprint density at radius 2 is 2.26 bits per heavy atom. The molecule has 2 aromatic rings. The first kappa shape index (κ1) is 12.2. The standard InChI is InChI=1S/C14H17N3O2/c18-11-5-7-16(9-11)14(19)6-8-17-10-15-12-3-1-2-4-13(12)17/h1-4,10-11,18H,5-9H2/t11-/m0/s1. The number of carbonyl (C=O) groups is 1. The zero-order valence-corrected chi connectivity index (χ0v) is 10.7. The third kappa shape index (κ3) is 2.46. The Morgan fingerprint density at radius 3 is 3.05 bits per heavy atom. The quantitative estimate of drug-likeness (QED) is 0.895. The average Bonchev–Trinajstić information content (AvgIpc) is 3.02. The summed E-state index contributed by atoms with van der Waals surface area (Å²) >= 11 is 0. The number of nitrogens with zero attached hydrogens (tertiary/aromatic N) is 3. The largest absolute Gasteiger partial charge is 0.391 e. The van der Waals surface area contributed by atoms with Crippen LogP contribution in [-0.2, 0) is 11.3 Å². The van der Waals surface area contributed by atoms with Crippen LogP contribution in [0.15, 0.2) is 30.6 Å². The number of carbonyl (C=O) groups excluding carboxylic acids is 1. The number of aliphatic hydroxyl groups is 1. The zero-order valence-electron chi connectivity index (χ0n) is 10.7. The van der Waals surface area contributed by atoms with Gasteiger partial charge in [-0.2, -0.15) is 0 Å². The third-order valence-electron chi connectivity index (χ3n) is 3.61. The van der Waals surface area contributed by atoms with Gasteiger partial charge in [0.25, 0.3) is 0 Å². The molecule has 0 bridgehead atoms. The van der Waals surface area contributed by atoms with E-state index in [4.69, 9.17) is 0 Å². The second-order valence-electron chi connectivity index (χ2n) is 4.96. The van der Waals surface area contributed by atoms with E-state index in [0.29, 0.717) is 32.5 Å². The Labute approximate surface area is 111 Å². The molecule has 1 aromatic carbocycles. The monoisotopic (exact) mass is 259 g/mol. The first-order valence-corrected chi connectivity index (χ1v) is 6.60. The lowest BCUT2D eigenvalue weighted by Crippen LogP contribution is -2.30. The van der Waals surface area contributed by atoms with Crippen molar-refractivity contribution in [3.63, 3.8) is 0 Å². The highest BCUT2D eigenvalue weighted by Gasteiger charge is 2.24. The fraction of sp³-hybridized carbons (Fsp3) is 0.429. The predicted octanol–water partition coefficient (Wildman–Crippen LogP) is 1.02. The first-order chi connectivity index (χ1) is 9.24. The summed E-state index contributed by atoms with van der Waals surface area (Å²) in [6.07, 6.45) is 2.57. The zero-order chi connectivity index (χ0) is 13.2. The number of hydrogen-bond donors (Lipinski definition) is 1. The van der Waals surface area contributed by atoms with E-state index in [1.807, 2.05) is 28.8 Å². The number of aliphatic hydroxyl groups excluding tert-OH is 1. The molecule has 0 saturated carbocycles. The number of aromatic nitrogens is 2. The summed E-state index contributed by atoms with van der Waals surface area (Å²) < 4.78 is 2.00. The molecule has 0 unspecified atom stereocenters. The second-order valence-corrected chi connectivity index (χ2v) is 4.96. The van der Waals surface area contributed by atoms with E-state index in [1.54, 1.807) is 11.2 Å². The maximum Gasteiger partial charge on any atom is 0.224 e. The Bertz CT molecular complexity index is 593. The maximum atomic E-state index is 12.0. The molecule has 1 aliphatic heterocycles. The molecule has 3 rings (SSSR count). The minimum atomic E-state index is -0.349. The van der Waals surface area contributed by atoms with Crippen LogP contribution < -0.4 is 0 Å². The van der Waals surface area contributed by atoms with Gasteiger partial charge in [-0.05, 0) is 18.6 Å². The number of benzene rings is 1. The smallest absolute Gasteiger partial charge is 0.224 e. The van der Waals surface area contributed by atoms with Gasteiger partial charge in [-0.1, -0.05) is 12.1 Å². The van der Waals surface area contributed by atoms with Crippen molar-refractivity contribution in [2.45, 2.75) is 25.5 Å². The highest BCUT2D eigenvalue weighted by Crippen LogP contribution is 2.14. The van der Waals surface area contributed by atoms with Crippen LogP contribution in [-0.4, -0.2) is 44.7 Å². The molecular formula is C14H17N3O2. The lowest BCUT2D eigenvalue weighted by molar-refractivity contribution is -0.130. The van der Waals surface area contributed by atoms with E-state index in [9.17, 15) is 9.90 Å². The topological polar surface area (TPSA) is 58.4 Å². The number of hydrogen-bond acceptors (Lipinski definition) is 3. The minimum Gasteiger partial charge on any atom is -0.391 e. The Kier molecular flexibility index (Phi) is 3.21. The number of para-hydroxylation sites is 2. The van der Waals surface area contributed by atoms with Gasteiger partial charge in [0, 0.05) is 26.1 Å². The third-order valence-corrected chi connectivity index (χ3v) is 3.61. The summed E-state index contributed by atoms with van der Waals surface area (Å²) in [7, 11) is 0. The van der Waals surface area contributed by atoms with E-state index in [0.717, 1.165) is 11.0 Å². The molecule has 5 nitrogen and oxygen atoms in total. The predicted molar refractivity (Wildman–Crippen MR) is 71.6 cm³/mol. The Balaban J connectivity index is 1.64. The number of amides is 1. The van der Waals surface area contributed by atoms with Gasteiger partial charge in [0.05, 0.1) is 23.5 Å². The van der Waals surface area contributed by atoms with Gasteiger partial charge in [-0.15, -0.1) is 0 Å². The Morgan fingerprint density at radius 1 is 1.42 bits per heavy atom. The van der Waals surface area contributed by atoms with Crippen molar-refractivity contribution in [2.24, 2.45) is 0 Å². The van der Waals surface area contributed by atoms with E-state index in [1.165, 1.54) is 0 Å². The van der Waals surface area contributed by atoms with E-state index < -0.39 is 0 Å². The fourth-order valence-electron chi connectivity index (χ4n) is 2.53. The molecule has 1 saturated heterocycles. The van der Waals surface area contributed by atoms with Crippen molar-refractivity contribution in [1.82, 2.24) is 14.5 Å². The van der Waals surface area contributed by atoms with Gasteiger partial charge in [0.1, 0.15) is 0 Å². The number of imidazole rings is 1. The number of β-amino-alcohol motifs (C(OH)–C–C–N with tert-alkyl or cyclic N) is 1. The molecule has 1 aliphatic rings. The molecule has 1 fully saturated rings. The molecule has 19 heavy (non-hydrogen) atoms. The highest BCUT2D eigenvalue weighted by molar-refractivity contribution is 5.77. The number of rotatable bonds is 3. The lowest BCUT2D eigenvalue weighted by Gasteiger charge is -2.15. The SMILES string of the molecule is O=C(CCn1cnc2ccccc21)N1CC[C@H](O)C1. The summed E-state index contributed by atoms with van der Waals surface area (Å²) in [6.45, 7) is 1.78. The molecule has 1 aromatic heterocycles. The van der Waals surface area contributed by atoms with Crippen LogP contribution in [0.1, 0.15) is 12.8 Å². The number of aryl methyl sites for hydroxylation is 1. The van der Waals surface area contributed by atoms with Crippen molar-refractivity contribution in [3.8, 4) is 0 Å². The fourth-order valence-corrected chi connectivity index (χ4v) is 2.53. The normalized spacial score (nSPS) is 19.2. The molecule has 2 heterocycles. The van der Waals surface area contributed by atoms with Crippen LogP contribution in [0.2, 0.25) is 0 Å². The van der Waals surface area contributed by atoms with E-state index in [2.05, 4.69) is 4.98 Å². The second kappa shape index (κ2) is 5.01. The van der Waals surface area contributed by atoms with Crippen LogP contribution in [0.5, 0.6) is 0 Å². The van der Waals surface area contributed by atoms with Gasteiger partial charge in [0.2, 0.25) is 5.91 Å². The van der Waals surface area contributed by atoms with E-state index >= 15 is 0 Å². The van der Waals surface area contributed by atoms with Crippen molar-refractivity contribution < 1.29 is 9.90 Å². The van der Waals surface area contributed by atoms with Crippen LogP contribution in [0.25, 0.3) is 11.0 Å². The maximum absolute atomic E-state index is 12.0. The van der Waals surface area contributed by atoms with Crippen LogP contribution in [0.3, 0.4) is 0 Å². The first-order valence-electron chi connectivity index (χ1n) is 6.60. The molecule has 1 N–H and O–H groups in total. The van der Waals surface area contributed by atoms with E-state index in [-0.39, 0.29) is 12.0 Å². The van der Waals surface area contributed by atoms with Crippen molar-refractivity contribution >= 4 is 16.9 Å². The summed E-state index contributed by atoms with van der Waals surface area (Å²) in [5.74, 6) is 0.106. The molecule has 1 amide bonds. The average molecular weight is 259 g/mol. The van der Waals surface area contributed by atoms with Gasteiger partial charge < -0.3 is 14.6 Å². The number of likely N-dealkylation sites (tertiary alicyclic amines) is 1. The van der Waals surface area contributed by atoms with Crippen LogP contribution in [0.4, 0.5) is 0 Å². The van der Waals surface area contributed by atoms with Gasteiger partial charge in [-0.3, -0.25) is 4.79 Å². The molecule has 100 valence electrons. The van der Waals surface area contributed by atoms with Crippen LogP contribution >= 0.6 is 0 Å². The minimum absolute atomic E-state index is 0.106. The van der Waals surface area contributed by atoms with Gasteiger partial charge >= 0.3 is 0 Å². The van der Waals surface area contributed by atoms with Gasteiger partial charge in [0.15, 0.2) is 0 Å². The lowest BCUT2D eigenvalue weighted by atomic mass is 10.3. The van der Waals surface area contributed by atoms with Crippen molar-refractivity contribution in [1.29, 1.82) is 0 Å². The molecule has 0 aliphatic carbocycles. The Hall–Kier alpha value is -1.88. The number of fused-ring (bicyclic) bond motifs is 1. The van der Waals surface area contributed by atoms with Crippen molar-refractivity contribution in [2.75, 3.05) is 13.1 Å². The molecule has 0 radical (unpaired) electrons. The molecular weight excluding hydrogens is 242 g/mol. The van der Waals surface area contributed by atoms with Gasteiger partial charge in [-0.25, -0.2) is 4.98 Å². The molecule has 1 atom stereocenters. The summed E-state index contributed by atoms with van der Waals surface area (Å²) in [4.78, 5) is 18.0. The van der Waals surface area contributed by atoms with Crippen LogP contribution in [0, 0.1) is 0 Å². The molecule has 0 spiro atoms. The summed E-state index contributed by atoms with van der Waals surface area (Å²) in [5.41, 5.74) is 2.00. The summed E-state index contributed by atoms with van der Waals surface area (Å²) in [5, 5.41) is 9.43.